The molecule has 1 amide bonds. The Bertz CT molecular complexity index is 317. The Morgan fingerprint density at radius 2 is 2.06 bits per heavy atom. The van der Waals surface area contributed by atoms with Crippen LogP contribution in [0, 0.1) is 5.92 Å². The topological polar surface area (TPSA) is 78.3 Å². The van der Waals surface area contributed by atoms with Gasteiger partial charge in [-0.1, -0.05) is 5.11 Å². The lowest BCUT2D eigenvalue weighted by molar-refractivity contribution is -0.134. The van der Waals surface area contributed by atoms with Crippen molar-refractivity contribution in [2.75, 3.05) is 26.3 Å². The van der Waals surface area contributed by atoms with Crippen LogP contribution in [0.15, 0.2) is 5.11 Å². The average Bonchev–Trinajstić information content (AvgIpc) is 3.18. The zero-order valence-corrected chi connectivity index (χ0v) is 9.92. The maximum absolute atomic E-state index is 12.0. The summed E-state index contributed by atoms with van der Waals surface area (Å²) in [5.41, 5.74) is 8.27. The number of nitrogens with zero attached hydrogens (tertiary/aromatic N) is 4. The van der Waals surface area contributed by atoms with E-state index in [1.165, 1.54) is 12.8 Å². The minimum atomic E-state index is -0.0550. The molecule has 1 saturated heterocycles. The second kappa shape index (κ2) is 5.89. The molecular weight excluding hydrogens is 220 g/mol. The zero-order valence-electron chi connectivity index (χ0n) is 9.92. The third-order valence-electron chi connectivity index (χ3n) is 3.37. The first-order chi connectivity index (χ1) is 8.31. The maximum atomic E-state index is 12.0. The Hall–Kier alpha value is -1.26. The number of carbonyl (C=O) groups is 1. The summed E-state index contributed by atoms with van der Waals surface area (Å²) >= 11 is 0. The third-order valence-corrected chi connectivity index (χ3v) is 3.37. The van der Waals surface area contributed by atoms with E-state index in [0.29, 0.717) is 5.92 Å². The minimum Gasteiger partial charge on any atom is -0.381 e. The minimum absolute atomic E-state index is 0.0402. The highest BCUT2D eigenvalue weighted by Crippen LogP contribution is 2.31. The van der Waals surface area contributed by atoms with E-state index < -0.39 is 0 Å². The van der Waals surface area contributed by atoms with E-state index in [4.69, 9.17) is 10.3 Å². The summed E-state index contributed by atoms with van der Waals surface area (Å²) in [5.74, 6) is 0.620. The quantitative estimate of drug-likeness (QED) is 0.415. The molecule has 0 aromatic carbocycles. The van der Waals surface area contributed by atoms with Crippen LogP contribution in [-0.2, 0) is 9.53 Å². The standard InChI is InChI=1S/C11H18N4O2/c12-14-13-7-11(16)15(8-9-1-2-9)10-3-5-17-6-4-10/h9-10H,1-8H2. The maximum Gasteiger partial charge on any atom is 0.228 e. The van der Waals surface area contributed by atoms with Gasteiger partial charge in [-0.25, -0.2) is 0 Å². The molecule has 0 aromatic heterocycles. The molecule has 0 unspecified atom stereocenters. The molecule has 1 aliphatic heterocycles. The summed E-state index contributed by atoms with van der Waals surface area (Å²) < 4.78 is 5.31. The van der Waals surface area contributed by atoms with Gasteiger partial charge in [-0.15, -0.1) is 0 Å². The van der Waals surface area contributed by atoms with Crippen LogP contribution in [0.5, 0.6) is 0 Å². The van der Waals surface area contributed by atoms with Gasteiger partial charge >= 0.3 is 0 Å². The molecule has 6 nitrogen and oxygen atoms in total. The van der Waals surface area contributed by atoms with Crippen molar-refractivity contribution in [3.63, 3.8) is 0 Å². The molecule has 1 saturated carbocycles. The molecule has 2 aliphatic rings. The van der Waals surface area contributed by atoms with E-state index >= 15 is 0 Å². The monoisotopic (exact) mass is 238 g/mol. The van der Waals surface area contributed by atoms with Crippen LogP contribution in [0.1, 0.15) is 25.7 Å². The summed E-state index contributed by atoms with van der Waals surface area (Å²) in [4.78, 5) is 16.5. The number of azide groups is 1. The average molecular weight is 238 g/mol. The predicted octanol–water partition coefficient (Wildman–Crippen LogP) is 1.71. The molecule has 0 N–H and O–H groups in total. The van der Waals surface area contributed by atoms with Crippen molar-refractivity contribution >= 4 is 5.91 Å². The van der Waals surface area contributed by atoms with Crippen molar-refractivity contribution in [1.29, 1.82) is 0 Å². The highest BCUT2D eigenvalue weighted by molar-refractivity contribution is 5.78. The number of hydrogen-bond acceptors (Lipinski definition) is 3. The van der Waals surface area contributed by atoms with E-state index in [1.807, 2.05) is 4.90 Å². The lowest BCUT2D eigenvalue weighted by Crippen LogP contribution is -2.45. The van der Waals surface area contributed by atoms with Crippen LogP contribution in [0.4, 0.5) is 0 Å². The van der Waals surface area contributed by atoms with Gasteiger partial charge in [-0.3, -0.25) is 4.79 Å². The highest BCUT2D eigenvalue weighted by atomic mass is 16.5. The van der Waals surface area contributed by atoms with Gasteiger partial charge in [-0.05, 0) is 37.1 Å². The molecule has 2 rings (SSSR count). The van der Waals surface area contributed by atoms with Crippen molar-refractivity contribution in [2.45, 2.75) is 31.7 Å². The summed E-state index contributed by atoms with van der Waals surface area (Å²) in [6.45, 7) is 2.21. The van der Waals surface area contributed by atoms with E-state index in [2.05, 4.69) is 10.0 Å². The lowest BCUT2D eigenvalue weighted by Gasteiger charge is -2.34. The van der Waals surface area contributed by atoms with Crippen LogP contribution in [-0.4, -0.2) is 43.2 Å². The fourth-order valence-electron chi connectivity index (χ4n) is 2.21. The molecule has 0 radical (unpaired) electrons. The molecule has 2 fully saturated rings. The number of rotatable bonds is 5. The fraction of sp³-hybridized carbons (Fsp3) is 0.909. The van der Waals surface area contributed by atoms with Gasteiger partial charge in [0.05, 0.1) is 0 Å². The van der Waals surface area contributed by atoms with Gasteiger partial charge in [0, 0.05) is 30.7 Å². The van der Waals surface area contributed by atoms with E-state index in [9.17, 15) is 4.79 Å². The van der Waals surface area contributed by atoms with Gasteiger partial charge in [0.1, 0.15) is 6.54 Å². The Morgan fingerprint density at radius 3 is 2.65 bits per heavy atom. The number of carbonyl (C=O) groups excluding carboxylic acids is 1. The first kappa shape index (κ1) is 12.2. The van der Waals surface area contributed by atoms with Gasteiger partial charge in [0.25, 0.3) is 0 Å². The molecule has 0 spiro atoms. The number of hydrogen-bond donors (Lipinski definition) is 0. The Morgan fingerprint density at radius 1 is 1.35 bits per heavy atom. The van der Waals surface area contributed by atoms with Crippen molar-refractivity contribution in [3.05, 3.63) is 10.4 Å². The molecule has 0 atom stereocenters. The summed E-state index contributed by atoms with van der Waals surface area (Å²) in [6.07, 6.45) is 4.23. The van der Waals surface area contributed by atoms with Crippen molar-refractivity contribution < 1.29 is 9.53 Å². The molecule has 1 heterocycles. The predicted molar refractivity (Wildman–Crippen MR) is 62.3 cm³/mol. The zero-order chi connectivity index (χ0) is 12.1. The van der Waals surface area contributed by atoms with Crippen LogP contribution in [0.3, 0.4) is 0 Å². The number of ether oxygens (including phenoxy) is 1. The van der Waals surface area contributed by atoms with E-state index in [-0.39, 0.29) is 18.5 Å². The molecule has 1 aliphatic carbocycles. The van der Waals surface area contributed by atoms with Gasteiger partial charge in [-0.2, -0.15) is 0 Å². The highest BCUT2D eigenvalue weighted by Gasteiger charge is 2.31. The molecule has 0 aromatic rings. The van der Waals surface area contributed by atoms with Crippen molar-refractivity contribution in [2.24, 2.45) is 11.0 Å². The molecular formula is C11H18N4O2. The van der Waals surface area contributed by atoms with Crippen LogP contribution >= 0.6 is 0 Å². The van der Waals surface area contributed by atoms with Crippen molar-refractivity contribution in [3.8, 4) is 0 Å². The Balaban J connectivity index is 1.94. The Labute approximate surface area is 101 Å². The second-order valence-corrected chi connectivity index (χ2v) is 4.72. The normalized spacial score (nSPS) is 20.7. The smallest absolute Gasteiger partial charge is 0.228 e. The van der Waals surface area contributed by atoms with Crippen molar-refractivity contribution in [1.82, 2.24) is 4.90 Å². The van der Waals surface area contributed by atoms with Crippen LogP contribution < -0.4 is 0 Å². The molecule has 6 heteroatoms. The van der Waals surface area contributed by atoms with E-state index in [1.54, 1.807) is 0 Å². The summed E-state index contributed by atoms with van der Waals surface area (Å²) in [7, 11) is 0. The first-order valence-electron chi connectivity index (χ1n) is 6.19. The lowest BCUT2D eigenvalue weighted by atomic mass is 10.1. The third kappa shape index (κ3) is 3.61. The largest absolute Gasteiger partial charge is 0.381 e. The first-order valence-corrected chi connectivity index (χ1v) is 6.19. The molecule has 0 bridgehead atoms. The Kier molecular flexibility index (Phi) is 4.23. The van der Waals surface area contributed by atoms with Gasteiger partial charge in [0.2, 0.25) is 5.91 Å². The van der Waals surface area contributed by atoms with Gasteiger partial charge < -0.3 is 9.64 Å². The SMILES string of the molecule is [N-]=[N+]=NCC(=O)N(CC1CC1)C1CCOCC1. The second-order valence-electron chi connectivity index (χ2n) is 4.72. The van der Waals surface area contributed by atoms with Gasteiger partial charge in [0.15, 0.2) is 0 Å². The van der Waals surface area contributed by atoms with Crippen LogP contribution in [0.2, 0.25) is 0 Å². The molecule has 17 heavy (non-hydrogen) atoms. The summed E-state index contributed by atoms with van der Waals surface area (Å²) in [5, 5.41) is 3.37. The summed E-state index contributed by atoms with van der Waals surface area (Å²) in [6, 6.07) is 0.269. The number of amides is 1. The fourth-order valence-corrected chi connectivity index (χ4v) is 2.21. The molecule has 94 valence electrons. The van der Waals surface area contributed by atoms with Crippen LogP contribution in [0.25, 0.3) is 10.4 Å². The van der Waals surface area contributed by atoms with E-state index in [0.717, 1.165) is 32.6 Å².